The second-order valence-electron chi connectivity index (χ2n) is 4.10. The van der Waals surface area contributed by atoms with Crippen LogP contribution in [0.25, 0.3) is 10.8 Å². The number of sulfonamides is 1. The Hall–Kier alpha value is -1.75. The minimum absolute atomic E-state index is 0.0855. The van der Waals surface area contributed by atoms with Crippen molar-refractivity contribution in [3.8, 4) is 5.75 Å². The first-order chi connectivity index (χ1) is 8.53. The highest BCUT2D eigenvalue weighted by molar-refractivity contribution is 7.92. The summed E-state index contributed by atoms with van der Waals surface area (Å²) < 4.78 is 26.1. The van der Waals surface area contributed by atoms with Gasteiger partial charge in [-0.1, -0.05) is 31.2 Å². The summed E-state index contributed by atoms with van der Waals surface area (Å²) in [7, 11) is -3.32. The van der Waals surface area contributed by atoms with Gasteiger partial charge in [0.15, 0.2) is 0 Å². The zero-order valence-corrected chi connectivity index (χ0v) is 10.9. The molecule has 0 saturated heterocycles. The van der Waals surface area contributed by atoms with Crippen LogP contribution in [0.15, 0.2) is 36.4 Å². The zero-order valence-electron chi connectivity index (χ0n) is 10.1. The van der Waals surface area contributed by atoms with Gasteiger partial charge >= 0.3 is 0 Å². The Morgan fingerprint density at radius 1 is 1.11 bits per heavy atom. The Balaban J connectivity index is 2.50. The molecule has 0 spiro atoms. The fraction of sp³-hybridized carbons (Fsp3) is 0.231. The van der Waals surface area contributed by atoms with Gasteiger partial charge in [-0.15, -0.1) is 0 Å². The Bertz CT molecular complexity index is 665. The van der Waals surface area contributed by atoms with Gasteiger partial charge in [0.2, 0.25) is 10.0 Å². The van der Waals surface area contributed by atoms with E-state index in [1.54, 1.807) is 30.3 Å². The van der Waals surface area contributed by atoms with Crippen LogP contribution < -0.4 is 4.72 Å². The fourth-order valence-electron chi connectivity index (χ4n) is 1.86. The van der Waals surface area contributed by atoms with E-state index >= 15 is 0 Å². The van der Waals surface area contributed by atoms with Crippen molar-refractivity contribution in [1.29, 1.82) is 0 Å². The van der Waals surface area contributed by atoms with Crippen LogP contribution in [0.5, 0.6) is 5.75 Å². The van der Waals surface area contributed by atoms with E-state index in [2.05, 4.69) is 4.72 Å². The van der Waals surface area contributed by atoms with Crippen molar-refractivity contribution < 1.29 is 13.5 Å². The SMILES string of the molecule is CCCS(=O)(=O)Nc1ccc(O)c2ccccc12. The predicted molar refractivity (Wildman–Crippen MR) is 73.3 cm³/mol. The number of nitrogens with one attached hydrogen (secondary N) is 1. The Labute approximate surface area is 106 Å². The zero-order chi connectivity index (χ0) is 13.2. The first kappa shape index (κ1) is 12.7. The maximum atomic E-state index is 11.8. The number of benzene rings is 2. The molecule has 0 bridgehead atoms. The lowest BCUT2D eigenvalue weighted by molar-refractivity contribution is 0.481. The standard InChI is InChI=1S/C13H15NO3S/c1-2-9-18(16,17)14-12-7-8-13(15)11-6-4-3-5-10(11)12/h3-8,14-15H,2,9H2,1H3. The van der Waals surface area contributed by atoms with E-state index in [0.717, 1.165) is 0 Å². The summed E-state index contributed by atoms with van der Waals surface area (Å²) in [4.78, 5) is 0. The lowest BCUT2D eigenvalue weighted by Gasteiger charge is -2.10. The monoisotopic (exact) mass is 265 g/mol. The van der Waals surface area contributed by atoms with E-state index in [1.165, 1.54) is 6.07 Å². The van der Waals surface area contributed by atoms with Crippen LogP contribution in [0, 0.1) is 0 Å². The molecule has 0 saturated carbocycles. The molecule has 96 valence electrons. The average molecular weight is 265 g/mol. The number of phenols is 1. The molecule has 2 aromatic carbocycles. The summed E-state index contributed by atoms with van der Waals surface area (Å²) in [6.45, 7) is 1.81. The van der Waals surface area contributed by atoms with Crippen molar-refractivity contribution in [2.75, 3.05) is 10.5 Å². The van der Waals surface area contributed by atoms with Crippen LogP contribution in [0.2, 0.25) is 0 Å². The molecule has 0 amide bonds. The molecule has 0 aromatic heterocycles. The quantitative estimate of drug-likeness (QED) is 0.835. The third-order valence-corrected chi connectivity index (χ3v) is 4.12. The molecule has 4 nitrogen and oxygen atoms in total. The summed E-state index contributed by atoms with van der Waals surface area (Å²) in [5, 5.41) is 11.0. The average Bonchev–Trinajstić information content (AvgIpc) is 2.33. The Kier molecular flexibility index (Phi) is 3.43. The molecule has 0 fully saturated rings. The van der Waals surface area contributed by atoms with Crippen LogP contribution in [-0.4, -0.2) is 19.3 Å². The number of phenolic OH excluding ortho intramolecular Hbond substituents is 1. The van der Waals surface area contributed by atoms with Crippen LogP contribution in [0.3, 0.4) is 0 Å². The van der Waals surface area contributed by atoms with Crippen molar-refractivity contribution in [1.82, 2.24) is 0 Å². The van der Waals surface area contributed by atoms with E-state index in [-0.39, 0.29) is 11.5 Å². The van der Waals surface area contributed by atoms with Gasteiger partial charge in [-0.3, -0.25) is 4.72 Å². The van der Waals surface area contributed by atoms with Gasteiger partial charge < -0.3 is 5.11 Å². The highest BCUT2D eigenvalue weighted by atomic mass is 32.2. The van der Waals surface area contributed by atoms with Gasteiger partial charge in [-0.05, 0) is 18.6 Å². The summed E-state index contributed by atoms with van der Waals surface area (Å²) in [5.74, 6) is 0.228. The van der Waals surface area contributed by atoms with Gasteiger partial charge in [0.1, 0.15) is 5.75 Å². The Morgan fingerprint density at radius 3 is 2.44 bits per heavy atom. The second-order valence-corrected chi connectivity index (χ2v) is 5.94. The molecule has 2 aromatic rings. The summed E-state index contributed by atoms with van der Waals surface area (Å²) in [6.07, 6.45) is 0.561. The normalized spacial score (nSPS) is 11.6. The van der Waals surface area contributed by atoms with Crippen LogP contribution in [0.1, 0.15) is 13.3 Å². The van der Waals surface area contributed by atoms with Crippen molar-refractivity contribution in [3.63, 3.8) is 0 Å². The van der Waals surface area contributed by atoms with Gasteiger partial charge in [-0.25, -0.2) is 8.42 Å². The molecule has 2 N–H and O–H groups in total. The molecule has 0 heterocycles. The van der Waals surface area contributed by atoms with Crippen molar-refractivity contribution in [3.05, 3.63) is 36.4 Å². The minimum Gasteiger partial charge on any atom is -0.507 e. The first-order valence-corrected chi connectivity index (χ1v) is 7.40. The van der Waals surface area contributed by atoms with Crippen LogP contribution in [0.4, 0.5) is 5.69 Å². The lowest BCUT2D eigenvalue weighted by Crippen LogP contribution is -2.16. The molecule has 0 aliphatic heterocycles. The molecule has 0 aliphatic rings. The predicted octanol–water partition coefficient (Wildman–Crippen LogP) is 2.70. The topological polar surface area (TPSA) is 66.4 Å². The first-order valence-electron chi connectivity index (χ1n) is 5.74. The van der Waals surface area contributed by atoms with E-state index in [0.29, 0.717) is 22.9 Å². The highest BCUT2D eigenvalue weighted by Crippen LogP contribution is 2.31. The molecular weight excluding hydrogens is 250 g/mol. The molecular formula is C13H15NO3S. The minimum atomic E-state index is -3.32. The molecule has 2 rings (SSSR count). The van der Waals surface area contributed by atoms with E-state index in [9.17, 15) is 13.5 Å². The number of fused-ring (bicyclic) bond motifs is 1. The highest BCUT2D eigenvalue weighted by Gasteiger charge is 2.12. The van der Waals surface area contributed by atoms with E-state index in [4.69, 9.17) is 0 Å². The maximum absolute atomic E-state index is 11.8. The van der Waals surface area contributed by atoms with E-state index in [1.807, 2.05) is 6.92 Å². The van der Waals surface area contributed by atoms with Gasteiger partial charge in [-0.2, -0.15) is 0 Å². The summed E-state index contributed by atoms with van der Waals surface area (Å²) in [6, 6.07) is 10.2. The molecule has 0 radical (unpaired) electrons. The van der Waals surface area contributed by atoms with Crippen LogP contribution >= 0.6 is 0 Å². The van der Waals surface area contributed by atoms with Crippen molar-refractivity contribution in [2.24, 2.45) is 0 Å². The third-order valence-electron chi connectivity index (χ3n) is 2.64. The van der Waals surface area contributed by atoms with Gasteiger partial charge in [0.25, 0.3) is 0 Å². The second kappa shape index (κ2) is 4.86. The molecule has 0 aliphatic carbocycles. The molecule has 0 unspecified atom stereocenters. The third kappa shape index (κ3) is 2.56. The molecule has 0 atom stereocenters. The number of rotatable bonds is 4. The van der Waals surface area contributed by atoms with Crippen molar-refractivity contribution in [2.45, 2.75) is 13.3 Å². The van der Waals surface area contributed by atoms with Crippen LogP contribution in [-0.2, 0) is 10.0 Å². The number of aromatic hydroxyl groups is 1. The largest absolute Gasteiger partial charge is 0.507 e. The molecule has 5 heteroatoms. The van der Waals surface area contributed by atoms with E-state index < -0.39 is 10.0 Å². The molecule has 18 heavy (non-hydrogen) atoms. The van der Waals surface area contributed by atoms with Gasteiger partial charge in [0, 0.05) is 10.8 Å². The summed E-state index contributed by atoms with van der Waals surface area (Å²) >= 11 is 0. The maximum Gasteiger partial charge on any atom is 0.232 e. The summed E-state index contributed by atoms with van der Waals surface area (Å²) in [5.41, 5.74) is 0.497. The van der Waals surface area contributed by atoms with Crippen molar-refractivity contribution >= 4 is 26.5 Å². The number of anilines is 1. The number of hydrogen-bond donors (Lipinski definition) is 2. The smallest absolute Gasteiger partial charge is 0.232 e. The fourth-order valence-corrected chi connectivity index (χ4v) is 3.01. The van der Waals surface area contributed by atoms with Gasteiger partial charge in [0.05, 0.1) is 11.4 Å². The lowest BCUT2D eigenvalue weighted by atomic mass is 10.1. The number of hydrogen-bond acceptors (Lipinski definition) is 3. The Morgan fingerprint density at radius 2 is 1.78 bits per heavy atom.